The van der Waals surface area contributed by atoms with Gasteiger partial charge in [-0.15, -0.1) is 0 Å². The Bertz CT molecular complexity index is 751. The summed E-state index contributed by atoms with van der Waals surface area (Å²) in [6.45, 7) is 5.02. The molecular formula is C19H21FN2O3. The van der Waals surface area contributed by atoms with Crippen LogP contribution in [0.15, 0.2) is 42.6 Å². The minimum absolute atomic E-state index is 0.212. The first-order valence-corrected chi connectivity index (χ1v) is 8.33. The van der Waals surface area contributed by atoms with Crippen molar-refractivity contribution in [1.29, 1.82) is 0 Å². The molecule has 1 fully saturated rings. The number of hydrogen-bond donors (Lipinski definition) is 0. The molecule has 0 aliphatic carbocycles. The van der Waals surface area contributed by atoms with Gasteiger partial charge in [0.15, 0.2) is 0 Å². The topological polar surface area (TPSA) is 51.7 Å². The number of carbonyl (C=O) groups excluding carboxylic acids is 1. The van der Waals surface area contributed by atoms with E-state index in [1.54, 1.807) is 50.4 Å². The average molecular weight is 344 g/mol. The lowest BCUT2D eigenvalue weighted by atomic mass is 10.1. The zero-order chi connectivity index (χ0) is 17.8. The van der Waals surface area contributed by atoms with Crippen molar-refractivity contribution in [1.82, 2.24) is 4.98 Å². The zero-order valence-electron chi connectivity index (χ0n) is 14.3. The van der Waals surface area contributed by atoms with Gasteiger partial charge in [-0.05, 0) is 32.0 Å². The molecular weight excluding hydrogens is 323 g/mol. The molecule has 5 nitrogen and oxygen atoms in total. The van der Waals surface area contributed by atoms with Crippen LogP contribution in [0.5, 0.6) is 0 Å². The lowest BCUT2D eigenvalue weighted by Crippen LogP contribution is -2.40. The number of benzene rings is 1. The highest BCUT2D eigenvalue weighted by molar-refractivity contribution is 5.94. The van der Waals surface area contributed by atoms with E-state index in [0.29, 0.717) is 36.6 Å². The summed E-state index contributed by atoms with van der Waals surface area (Å²) in [5, 5.41) is 0. The molecule has 0 bridgehead atoms. The van der Waals surface area contributed by atoms with Crippen molar-refractivity contribution in [3.63, 3.8) is 0 Å². The van der Waals surface area contributed by atoms with Gasteiger partial charge in [0.2, 0.25) is 0 Å². The number of rotatable bonds is 4. The molecule has 0 spiro atoms. The molecule has 1 aromatic heterocycles. The first kappa shape index (κ1) is 17.4. The van der Waals surface area contributed by atoms with Gasteiger partial charge < -0.3 is 14.4 Å². The van der Waals surface area contributed by atoms with E-state index in [9.17, 15) is 9.18 Å². The highest BCUT2D eigenvalue weighted by Crippen LogP contribution is 2.28. The molecule has 2 aromatic rings. The largest absolute Gasteiger partial charge is 0.459 e. The standard InChI is InChI=1S/C19H21FN2O3/c1-13(2)25-19(23)15-7-5-9-21-18(15)22-10-11-24-17(12-22)14-6-3-4-8-16(14)20/h3-9,13,17H,10-12H2,1-2H3. The first-order chi connectivity index (χ1) is 12.1. The van der Waals surface area contributed by atoms with Gasteiger partial charge >= 0.3 is 5.97 Å². The van der Waals surface area contributed by atoms with E-state index in [2.05, 4.69) is 4.98 Å². The summed E-state index contributed by atoms with van der Waals surface area (Å²) in [4.78, 5) is 18.6. The van der Waals surface area contributed by atoms with Crippen LogP contribution in [0.3, 0.4) is 0 Å². The van der Waals surface area contributed by atoms with Crippen LogP contribution in [0.1, 0.15) is 35.9 Å². The van der Waals surface area contributed by atoms with Crippen LogP contribution < -0.4 is 4.90 Å². The van der Waals surface area contributed by atoms with E-state index in [0.717, 1.165) is 0 Å². The zero-order valence-corrected chi connectivity index (χ0v) is 14.3. The minimum atomic E-state index is -0.411. The van der Waals surface area contributed by atoms with Crippen molar-refractivity contribution in [2.75, 3.05) is 24.6 Å². The van der Waals surface area contributed by atoms with E-state index in [1.807, 2.05) is 4.90 Å². The van der Waals surface area contributed by atoms with Crippen LogP contribution >= 0.6 is 0 Å². The number of pyridine rings is 1. The summed E-state index contributed by atoms with van der Waals surface area (Å²) in [7, 11) is 0. The van der Waals surface area contributed by atoms with Crippen molar-refractivity contribution < 1.29 is 18.7 Å². The Morgan fingerprint density at radius 3 is 2.88 bits per heavy atom. The van der Waals surface area contributed by atoms with Crippen molar-refractivity contribution >= 4 is 11.8 Å². The Morgan fingerprint density at radius 2 is 2.12 bits per heavy atom. The third kappa shape index (κ3) is 3.96. The fourth-order valence-electron chi connectivity index (χ4n) is 2.85. The molecule has 1 unspecified atom stereocenters. The van der Waals surface area contributed by atoms with Gasteiger partial charge in [-0.1, -0.05) is 18.2 Å². The summed E-state index contributed by atoms with van der Waals surface area (Å²) < 4.78 is 25.1. The lowest BCUT2D eigenvalue weighted by Gasteiger charge is -2.34. The maximum absolute atomic E-state index is 14.1. The van der Waals surface area contributed by atoms with Gasteiger partial charge in [0.05, 0.1) is 12.7 Å². The van der Waals surface area contributed by atoms with Gasteiger partial charge in [-0.25, -0.2) is 14.2 Å². The van der Waals surface area contributed by atoms with Crippen LogP contribution in [-0.2, 0) is 9.47 Å². The molecule has 25 heavy (non-hydrogen) atoms. The molecule has 0 N–H and O–H groups in total. The maximum atomic E-state index is 14.1. The summed E-state index contributed by atoms with van der Waals surface area (Å²) in [6.07, 6.45) is 1.01. The predicted octanol–water partition coefficient (Wildman–Crippen LogP) is 3.36. The average Bonchev–Trinajstić information content (AvgIpc) is 2.62. The fourth-order valence-corrected chi connectivity index (χ4v) is 2.85. The molecule has 0 amide bonds. The van der Waals surface area contributed by atoms with E-state index in [-0.39, 0.29) is 11.9 Å². The number of hydrogen-bond acceptors (Lipinski definition) is 5. The van der Waals surface area contributed by atoms with Gasteiger partial charge in [0.1, 0.15) is 23.3 Å². The SMILES string of the molecule is CC(C)OC(=O)c1cccnc1N1CCOC(c2ccccc2F)C1. The van der Waals surface area contributed by atoms with Crippen molar-refractivity contribution in [3.05, 3.63) is 59.5 Å². The Balaban J connectivity index is 1.85. The van der Waals surface area contributed by atoms with E-state index in [1.165, 1.54) is 6.07 Å². The van der Waals surface area contributed by atoms with Gasteiger partial charge in [0.25, 0.3) is 0 Å². The molecule has 3 rings (SSSR count). The number of nitrogens with zero attached hydrogens (tertiary/aromatic N) is 2. The highest BCUT2D eigenvalue weighted by Gasteiger charge is 2.28. The quantitative estimate of drug-likeness (QED) is 0.796. The maximum Gasteiger partial charge on any atom is 0.342 e. The Morgan fingerprint density at radius 1 is 1.32 bits per heavy atom. The third-order valence-corrected chi connectivity index (χ3v) is 3.97. The number of halogens is 1. The molecule has 0 radical (unpaired) electrons. The van der Waals surface area contributed by atoms with Crippen LogP contribution in [-0.4, -0.2) is 36.8 Å². The Kier molecular flexibility index (Phi) is 5.28. The van der Waals surface area contributed by atoms with Crippen molar-refractivity contribution in [2.24, 2.45) is 0 Å². The number of anilines is 1. The molecule has 1 saturated heterocycles. The van der Waals surface area contributed by atoms with E-state index in [4.69, 9.17) is 9.47 Å². The monoisotopic (exact) mass is 344 g/mol. The Labute approximate surface area is 146 Å². The van der Waals surface area contributed by atoms with Gasteiger partial charge in [-0.2, -0.15) is 0 Å². The molecule has 6 heteroatoms. The second-order valence-corrected chi connectivity index (χ2v) is 6.16. The lowest BCUT2D eigenvalue weighted by molar-refractivity contribution is 0.0346. The molecule has 2 heterocycles. The summed E-state index contributed by atoms with van der Waals surface area (Å²) >= 11 is 0. The second kappa shape index (κ2) is 7.61. The number of carbonyl (C=O) groups is 1. The fraction of sp³-hybridized carbons (Fsp3) is 0.368. The number of esters is 1. The summed E-state index contributed by atoms with van der Waals surface area (Å²) in [5.74, 6) is -0.167. The number of aromatic nitrogens is 1. The molecule has 1 aliphatic rings. The van der Waals surface area contributed by atoms with Crippen LogP contribution in [0.2, 0.25) is 0 Å². The van der Waals surface area contributed by atoms with Crippen molar-refractivity contribution in [3.8, 4) is 0 Å². The third-order valence-electron chi connectivity index (χ3n) is 3.97. The molecule has 1 aromatic carbocycles. The van der Waals surface area contributed by atoms with E-state index >= 15 is 0 Å². The molecule has 132 valence electrons. The normalized spacial score (nSPS) is 17.6. The smallest absolute Gasteiger partial charge is 0.342 e. The highest BCUT2D eigenvalue weighted by atomic mass is 19.1. The minimum Gasteiger partial charge on any atom is -0.459 e. The second-order valence-electron chi connectivity index (χ2n) is 6.16. The van der Waals surface area contributed by atoms with Crippen molar-refractivity contribution in [2.45, 2.75) is 26.1 Å². The van der Waals surface area contributed by atoms with Gasteiger partial charge in [0, 0.05) is 24.8 Å². The Hall–Kier alpha value is -2.47. The molecule has 1 aliphatic heterocycles. The number of morpholine rings is 1. The summed E-state index contributed by atoms with van der Waals surface area (Å²) in [6, 6.07) is 9.97. The van der Waals surface area contributed by atoms with Crippen LogP contribution in [0.4, 0.5) is 10.2 Å². The van der Waals surface area contributed by atoms with Crippen LogP contribution in [0.25, 0.3) is 0 Å². The first-order valence-electron chi connectivity index (χ1n) is 8.33. The van der Waals surface area contributed by atoms with Gasteiger partial charge in [-0.3, -0.25) is 0 Å². The molecule has 1 atom stereocenters. The van der Waals surface area contributed by atoms with Crippen LogP contribution in [0, 0.1) is 5.82 Å². The summed E-state index contributed by atoms with van der Waals surface area (Å²) in [5.41, 5.74) is 0.917. The molecule has 0 saturated carbocycles. The number of ether oxygens (including phenoxy) is 2. The predicted molar refractivity (Wildman–Crippen MR) is 92.1 cm³/mol. The van der Waals surface area contributed by atoms with E-state index < -0.39 is 12.1 Å².